The van der Waals surface area contributed by atoms with E-state index in [1.54, 1.807) is 6.07 Å². The van der Waals surface area contributed by atoms with Crippen molar-refractivity contribution in [3.8, 4) is 0 Å². The monoisotopic (exact) mass is 561 g/mol. The number of unbranched alkanes of at least 4 members (excludes halogenated alkanes) is 2. The Morgan fingerprint density at radius 2 is 1.82 bits per heavy atom. The van der Waals surface area contributed by atoms with Crippen LogP contribution in [0.25, 0.3) is 17.0 Å². The Bertz CT molecular complexity index is 1500. The van der Waals surface area contributed by atoms with Crippen molar-refractivity contribution in [3.05, 3.63) is 95.9 Å². The van der Waals surface area contributed by atoms with E-state index in [0.717, 1.165) is 54.9 Å². The number of pyridine rings is 1. The number of hydrogen-bond donors (Lipinski definition) is 2. The lowest BCUT2D eigenvalue weighted by Crippen LogP contribution is -2.34. The predicted molar refractivity (Wildman–Crippen MR) is 160 cm³/mol. The number of ether oxygens (including phenoxy) is 1. The normalized spacial score (nSPS) is 15.9. The van der Waals surface area contributed by atoms with Gasteiger partial charge in [-0.1, -0.05) is 50.3 Å². The molecule has 2 N–H and O–H groups in total. The summed E-state index contributed by atoms with van der Waals surface area (Å²) >= 11 is 0. The molecule has 0 radical (unpaired) electrons. The topological polar surface area (TPSA) is 91.0 Å². The Balaban J connectivity index is 1.50. The van der Waals surface area contributed by atoms with Crippen LogP contribution in [0.4, 0.5) is 5.69 Å². The smallest absolute Gasteiger partial charge is 0.356 e. The highest BCUT2D eigenvalue weighted by atomic mass is 31.2. The lowest BCUT2D eigenvalue weighted by atomic mass is 9.83. The number of anilines is 1. The van der Waals surface area contributed by atoms with Crippen molar-refractivity contribution < 1.29 is 28.5 Å². The van der Waals surface area contributed by atoms with E-state index in [2.05, 4.69) is 78.9 Å². The molecule has 1 aromatic heterocycles. The summed E-state index contributed by atoms with van der Waals surface area (Å²) in [6, 6.07) is 15.5. The van der Waals surface area contributed by atoms with Crippen LogP contribution in [0, 0.1) is 0 Å². The molecular formula is C32H38N2O5P+. The fourth-order valence-electron chi connectivity index (χ4n) is 5.40. The molecule has 0 saturated heterocycles. The molecule has 1 aliphatic rings. The summed E-state index contributed by atoms with van der Waals surface area (Å²) in [6.45, 7) is 8.89. The number of rotatable bonds is 12. The maximum Gasteiger partial charge on any atom is 0.356 e. The van der Waals surface area contributed by atoms with Crippen LogP contribution in [0.5, 0.6) is 0 Å². The van der Waals surface area contributed by atoms with Gasteiger partial charge in [0.25, 0.3) is 6.47 Å². The van der Waals surface area contributed by atoms with E-state index in [0.29, 0.717) is 13.1 Å². The lowest BCUT2D eigenvalue weighted by Gasteiger charge is -2.25. The van der Waals surface area contributed by atoms with Crippen molar-refractivity contribution in [1.29, 1.82) is 0 Å². The SMILES string of the molecule is CCN1/C(=C/C=C/C=C/c2cc[n+](CCCCCOC=O)c3ccccc23)C(C)(C)c2cc(P(=O)(O)O)ccc21. The first-order chi connectivity index (χ1) is 19.2. The Labute approximate surface area is 236 Å². The van der Waals surface area contributed by atoms with Crippen LogP contribution in [0.15, 0.2) is 84.7 Å². The fraction of sp³-hybridized carbons (Fsp3) is 0.312. The van der Waals surface area contributed by atoms with Gasteiger partial charge in [-0.2, -0.15) is 4.57 Å². The van der Waals surface area contributed by atoms with Gasteiger partial charge in [-0.3, -0.25) is 9.36 Å². The number of aryl methyl sites for hydroxylation is 1. The van der Waals surface area contributed by atoms with E-state index in [-0.39, 0.29) is 5.30 Å². The molecule has 2 heterocycles. The Kier molecular flexibility index (Phi) is 9.41. The largest absolute Gasteiger partial charge is 0.468 e. The highest BCUT2D eigenvalue weighted by Crippen LogP contribution is 2.48. The predicted octanol–water partition coefficient (Wildman–Crippen LogP) is 5.54. The minimum Gasteiger partial charge on any atom is -0.468 e. The summed E-state index contributed by atoms with van der Waals surface area (Å²) in [6.07, 6.45) is 15.3. The quantitative estimate of drug-likeness (QED) is 0.0992. The summed E-state index contributed by atoms with van der Waals surface area (Å²) in [5, 5.41) is 1.23. The van der Waals surface area contributed by atoms with Gasteiger partial charge in [-0.25, -0.2) is 0 Å². The van der Waals surface area contributed by atoms with Crippen LogP contribution in [0.2, 0.25) is 0 Å². The third kappa shape index (κ3) is 6.44. The number of nitrogens with zero attached hydrogens (tertiary/aromatic N) is 2. The molecule has 1 aliphatic heterocycles. The number of benzene rings is 2. The number of para-hydroxylation sites is 1. The van der Waals surface area contributed by atoms with Crippen LogP contribution in [0.1, 0.15) is 51.2 Å². The fourth-order valence-corrected chi connectivity index (χ4v) is 5.96. The highest BCUT2D eigenvalue weighted by Gasteiger charge is 2.40. The summed E-state index contributed by atoms with van der Waals surface area (Å²) in [5.41, 5.74) is 4.91. The molecule has 0 fully saturated rings. The average Bonchev–Trinajstić information content (AvgIpc) is 3.15. The molecule has 0 saturated carbocycles. The zero-order chi connectivity index (χ0) is 28.8. The number of allylic oxidation sites excluding steroid dienone is 5. The van der Waals surface area contributed by atoms with Gasteiger partial charge in [0.15, 0.2) is 6.20 Å². The summed E-state index contributed by atoms with van der Waals surface area (Å²) < 4.78 is 18.9. The third-order valence-corrected chi connectivity index (χ3v) is 8.42. The number of fused-ring (bicyclic) bond motifs is 2. The minimum atomic E-state index is -4.32. The molecule has 0 aliphatic carbocycles. The van der Waals surface area contributed by atoms with Crippen molar-refractivity contribution in [3.63, 3.8) is 0 Å². The molecular weight excluding hydrogens is 523 g/mol. The van der Waals surface area contributed by atoms with Crippen LogP contribution in [0.3, 0.4) is 0 Å². The minimum absolute atomic E-state index is 0.0516. The Hall–Kier alpha value is -3.51. The molecule has 8 heteroatoms. The van der Waals surface area contributed by atoms with Crippen LogP contribution in [-0.2, 0) is 26.1 Å². The Morgan fingerprint density at radius 1 is 1.02 bits per heavy atom. The van der Waals surface area contributed by atoms with Crippen LogP contribution >= 0.6 is 7.60 Å². The number of aromatic nitrogens is 1. The highest BCUT2D eigenvalue weighted by molar-refractivity contribution is 7.60. The second-order valence-electron chi connectivity index (χ2n) is 10.4. The van der Waals surface area contributed by atoms with Gasteiger partial charge < -0.3 is 19.4 Å². The first-order valence-electron chi connectivity index (χ1n) is 13.7. The first kappa shape index (κ1) is 29.5. The van der Waals surface area contributed by atoms with Crippen molar-refractivity contribution in [1.82, 2.24) is 0 Å². The number of carbonyl (C=O) groups excluding carboxylic acids is 1. The lowest BCUT2D eigenvalue weighted by molar-refractivity contribution is -0.671. The Morgan fingerprint density at radius 3 is 2.58 bits per heavy atom. The third-order valence-electron chi connectivity index (χ3n) is 7.47. The second kappa shape index (κ2) is 12.8. The van der Waals surface area contributed by atoms with Crippen molar-refractivity contribution in [2.45, 2.75) is 52.0 Å². The van der Waals surface area contributed by atoms with E-state index in [1.807, 2.05) is 24.3 Å². The summed E-state index contributed by atoms with van der Waals surface area (Å²) in [5.74, 6) is 0. The van der Waals surface area contributed by atoms with Gasteiger partial charge in [0.05, 0.1) is 17.3 Å². The molecule has 2 aromatic carbocycles. The maximum absolute atomic E-state index is 11.9. The van der Waals surface area contributed by atoms with E-state index < -0.39 is 13.0 Å². The van der Waals surface area contributed by atoms with Crippen molar-refractivity contribution in [2.24, 2.45) is 0 Å². The number of likely N-dealkylation sites (N-methyl/N-ethyl adjacent to an activating group) is 1. The molecule has 3 aromatic rings. The maximum atomic E-state index is 11.9. The van der Waals surface area contributed by atoms with E-state index >= 15 is 0 Å². The number of hydrogen-bond acceptors (Lipinski definition) is 4. The average molecular weight is 562 g/mol. The van der Waals surface area contributed by atoms with Crippen LogP contribution < -0.4 is 14.8 Å². The van der Waals surface area contributed by atoms with E-state index in [1.165, 1.54) is 17.0 Å². The van der Waals surface area contributed by atoms with Crippen molar-refractivity contribution in [2.75, 3.05) is 18.1 Å². The van der Waals surface area contributed by atoms with Gasteiger partial charge in [-0.15, -0.1) is 0 Å². The van der Waals surface area contributed by atoms with Crippen molar-refractivity contribution >= 4 is 42.0 Å². The molecule has 7 nitrogen and oxygen atoms in total. The summed E-state index contributed by atoms with van der Waals surface area (Å²) in [4.78, 5) is 31.8. The van der Waals surface area contributed by atoms with E-state index in [9.17, 15) is 19.1 Å². The van der Waals surface area contributed by atoms with Gasteiger partial charge in [0.1, 0.15) is 6.54 Å². The molecule has 0 bridgehead atoms. The zero-order valence-electron chi connectivity index (χ0n) is 23.4. The van der Waals surface area contributed by atoms with Crippen LogP contribution in [-0.4, -0.2) is 29.4 Å². The molecule has 4 rings (SSSR count). The molecule has 0 unspecified atom stereocenters. The standard InChI is InChI=1S/C32H37N2O5P/c1-4-34-30-18-17-26(40(36,37)38)23-28(30)32(2,3)31(34)16-8-5-7-13-25-19-21-33(20-11-6-12-22-39-24-35)29-15-10-9-14-27(25)29/h5,7-10,13-19,21,23-24H,4,6,11-12,20,22H2,1-3H3,(H-,36,37,38)/p+1. The van der Waals surface area contributed by atoms with Gasteiger partial charge in [-0.05, 0) is 61.2 Å². The van der Waals surface area contributed by atoms with Gasteiger partial charge in [0, 0.05) is 41.9 Å². The molecule has 0 atom stereocenters. The first-order valence-corrected chi connectivity index (χ1v) is 15.3. The van der Waals surface area contributed by atoms with E-state index in [4.69, 9.17) is 4.74 Å². The molecule has 0 amide bonds. The summed E-state index contributed by atoms with van der Waals surface area (Å²) in [7, 11) is -4.32. The zero-order valence-corrected chi connectivity index (χ0v) is 24.3. The molecule has 0 spiro atoms. The van der Waals surface area contributed by atoms with Gasteiger partial charge in [0.2, 0.25) is 5.52 Å². The molecule has 40 heavy (non-hydrogen) atoms. The number of carbonyl (C=O) groups is 1. The molecule has 210 valence electrons. The van der Waals surface area contributed by atoms with Gasteiger partial charge >= 0.3 is 7.60 Å². The second-order valence-corrected chi connectivity index (χ2v) is 12.0.